The summed E-state index contributed by atoms with van der Waals surface area (Å²) in [6.07, 6.45) is -8.83. The zero-order valence-corrected chi connectivity index (χ0v) is 19.9. The van der Waals surface area contributed by atoms with E-state index in [1.54, 1.807) is 0 Å². The summed E-state index contributed by atoms with van der Waals surface area (Å²) in [5, 5.41) is 15.4. The first kappa shape index (κ1) is 25.1. The van der Waals surface area contributed by atoms with Gasteiger partial charge in [-0.2, -0.15) is 18.3 Å². The first-order valence-electron chi connectivity index (χ1n) is 11.4. The number of fused-ring (bicyclic) bond motifs is 1. The number of hydrogen-bond donors (Lipinski definition) is 2. The summed E-state index contributed by atoms with van der Waals surface area (Å²) in [4.78, 5) is 4.30. The van der Waals surface area contributed by atoms with Crippen LogP contribution in [0.1, 0.15) is 41.6 Å². The molecule has 2 saturated heterocycles. The standard InChI is InChI=1S/C24H24ClF3N4O4/c1-12-30-22(32(31-12)16-11-14(25)7-8-15(16)24(26,27)28)21-19(33)18(29)20-17(35-21)9-10-34-23(36-20)13-5-3-2-4-6-13/h2-8,11,17-21,23,33H,9-10,29H2,1H3/t17-,18-,19-,20+,21-,23+/m1/s1. The number of aryl methyl sites for hydroxylation is 1. The molecule has 3 aromatic rings. The number of benzene rings is 2. The second-order valence-electron chi connectivity index (χ2n) is 8.75. The fourth-order valence-corrected chi connectivity index (χ4v) is 4.75. The molecule has 0 radical (unpaired) electrons. The van der Waals surface area contributed by atoms with Gasteiger partial charge in [0.2, 0.25) is 0 Å². The van der Waals surface area contributed by atoms with Crippen molar-refractivity contribution in [2.75, 3.05) is 6.61 Å². The van der Waals surface area contributed by atoms with Crippen LogP contribution in [0.5, 0.6) is 0 Å². The van der Waals surface area contributed by atoms with Gasteiger partial charge in [-0.05, 0) is 31.5 Å². The van der Waals surface area contributed by atoms with E-state index in [1.807, 2.05) is 30.3 Å². The average Bonchev–Trinajstić information content (AvgIpc) is 3.09. The van der Waals surface area contributed by atoms with Crippen molar-refractivity contribution in [1.82, 2.24) is 14.8 Å². The Morgan fingerprint density at radius 2 is 1.89 bits per heavy atom. The summed E-state index contributed by atoms with van der Waals surface area (Å²) in [7, 11) is 0. The molecule has 0 unspecified atom stereocenters. The number of aliphatic hydroxyl groups is 1. The molecule has 8 nitrogen and oxygen atoms in total. The van der Waals surface area contributed by atoms with Crippen LogP contribution in [0.25, 0.3) is 5.69 Å². The molecule has 0 bridgehead atoms. The number of hydrogen-bond acceptors (Lipinski definition) is 7. The van der Waals surface area contributed by atoms with Gasteiger partial charge in [0.25, 0.3) is 0 Å². The highest BCUT2D eigenvalue weighted by Crippen LogP contribution is 2.40. The third-order valence-corrected chi connectivity index (χ3v) is 6.52. The number of rotatable bonds is 3. The van der Waals surface area contributed by atoms with Crippen LogP contribution < -0.4 is 5.73 Å². The maximum atomic E-state index is 13.8. The van der Waals surface area contributed by atoms with Crippen molar-refractivity contribution in [1.29, 1.82) is 0 Å². The van der Waals surface area contributed by atoms with E-state index in [2.05, 4.69) is 10.1 Å². The van der Waals surface area contributed by atoms with Crippen molar-refractivity contribution in [3.63, 3.8) is 0 Å². The fraction of sp³-hybridized carbons (Fsp3) is 0.417. The van der Waals surface area contributed by atoms with Crippen molar-refractivity contribution in [2.24, 2.45) is 5.73 Å². The van der Waals surface area contributed by atoms with Gasteiger partial charge < -0.3 is 25.1 Å². The molecule has 3 heterocycles. The fourth-order valence-electron chi connectivity index (χ4n) is 4.59. The minimum atomic E-state index is -4.68. The summed E-state index contributed by atoms with van der Waals surface area (Å²) in [6, 6.07) is 11.5. The van der Waals surface area contributed by atoms with Gasteiger partial charge >= 0.3 is 6.18 Å². The van der Waals surface area contributed by atoms with Crippen LogP contribution in [0.3, 0.4) is 0 Å². The van der Waals surface area contributed by atoms with Crippen molar-refractivity contribution in [3.05, 3.63) is 76.3 Å². The molecule has 0 amide bonds. The van der Waals surface area contributed by atoms with E-state index < -0.39 is 48.5 Å². The predicted molar refractivity (Wildman–Crippen MR) is 122 cm³/mol. The maximum absolute atomic E-state index is 13.8. The number of halogens is 4. The van der Waals surface area contributed by atoms with Crippen LogP contribution in [0.2, 0.25) is 5.02 Å². The number of ether oxygens (including phenoxy) is 3. The van der Waals surface area contributed by atoms with Crippen molar-refractivity contribution in [3.8, 4) is 5.69 Å². The Hall–Kier alpha value is -2.54. The van der Waals surface area contributed by atoms with E-state index in [-0.39, 0.29) is 29.0 Å². The van der Waals surface area contributed by atoms with Crippen LogP contribution in [-0.4, -0.2) is 50.8 Å². The lowest BCUT2D eigenvalue weighted by molar-refractivity contribution is -0.230. The van der Waals surface area contributed by atoms with E-state index >= 15 is 0 Å². The molecule has 0 aliphatic carbocycles. The van der Waals surface area contributed by atoms with Gasteiger partial charge in [0, 0.05) is 10.6 Å². The Bertz CT molecular complexity index is 1230. The quantitative estimate of drug-likeness (QED) is 0.536. The molecule has 2 aliphatic heterocycles. The van der Waals surface area contributed by atoms with Gasteiger partial charge in [0.15, 0.2) is 12.1 Å². The van der Waals surface area contributed by atoms with E-state index in [1.165, 1.54) is 6.92 Å². The second kappa shape index (κ2) is 9.73. The van der Waals surface area contributed by atoms with Crippen LogP contribution in [0.4, 0.5) is 13.2 Å². The average molecular weight is 525 g/mol. The third-order valence-electron chi connectivity index (χ3n) is 6.28. The molecule has 192 valence electrons. The van der Waals surface area contributed by atoms with E-state index in [4.69, 9.17) is 31.5 Å². The van der Waals surface area contributed by atoms with Crippen LogP contribution in [0, 0.1) is 6.92 Å². The number of nitrogens with zero attached hydrogens (tertiary/aromatic N) is 3. The summed E-state index contributed by atoms with van der Waals surface area (Å²) >= 11 is 6.03. The van der Waals surface area contributed by atoms with Crippen molar-refractivity contribution < 1.29 is 32.5 Å². The van der Waals surface area contributed by atoms with Gasteiger partial charge in [0.05, 0.1) is 30.0 Å². The Balaban J connectivity index is 1.49. The lowest BCUT2D eigenvalue weighted by Crippen LogP contribution is -2.59. The highest BCUT2D eigenvalue weighted by molar-refractivity contribution is 6.30. The Labute approximate surface area is 209 Å². The number of aromatic nitrogens is 3. The number of nitrogens with two attached hydrogens (primary N) is 1. The first-order valence-corrected chi connectivity index (χ1v) is 11.7. The molecule has 1 aromatic heterocycles. The molecule has 0 spiro atoms. The number of alkyl halides is 3. The summed E-state index contributed by atoms with van der Waals surface area (Å²) in [5.41, 5.74) is 5.92. The molecule has 2 fully saturated rings. The molecule has 2 aromatic carbocycles. The van der Waals surface area contributed by atoms with Gasteiger partial charge in [0.1, 0.15) is 24.1 Å². The minimum Gasteiger partial charge on any atom is -0.388 e. The van der Waals surface area contributed by atoms with Crippen molar-refractivity contribution >= 4 is 11.6 Å². The van der Waals surface area contributed by atoms with Crippen LogP contribution in [-0.2, 0) is 20.4 Å². The molecule has 2 aliphatic rings. The first-order chi connectivity index (χ1) is 17.1. The van der Waals surface area contributed by atoms with Crippen LogP contribution in [0.15, 0.2) is 48.5 Å². The molecule has 6 atom stereocenters. The monoisotopic (exact) mass is 524 g/mol. The molecule has 36 heavy (non-hydrogen) atoms. The molecule has 3 N–H and O–H groups in total. The van der Waals surface area contributed by atoms with E-state index in [0.29, 0.717) is 6.42 Å². The highest BCUT2D eigenvalue weighted by atomic mass is 35.5. The molecular weight excluding hydrogens is 501 g/mol. The predicted octanol–water partition coefficient (Wildman–Crippen LogP) is 3.88. The largest absolute Gasteiger partial charge is 0.418 e. The lowest BCUT2D eigenvalue weighted by Gasteiger charge is -2.42. The summed E-state index contributed by atoms with van der Waals surface area (Å²) in [6.45, 7) is 1.82. The Morgan fingerprint density at radius 1 is 1.14 bits per heavy atom. The zero-order valence-electron chi connectivity index (χ0n) is 19.1. The molecule has 5 rings (SSSR count). The number of aliphatic hydroxyl groups excluding tert-OH is 1. The summed E-state index contributed by atoms with van der Waals surface area (Å²) < 4.78 is 60.5. The molecule has 0 saturated carbocycles. The second-order valence-corrected chi connectivity index (χ2v) is 9.19. The molecule has 12 heteroatoms. The maximum Gasteiger partial charge on any atom is 0.418 e. The summed E-state index contributed by atoms with van der Waals surface area (Å²) in [5.74, 6) is 0.167. The van der Waals surface area contributed by atoms with Crippen LogP contribution >= 0.6 is 11.6 Å². The highest BCUT2D eigenvalue weighted by Gasteiger charge is 2.49. The van der Waals surface area contributed by atoms with Gasteiger partial charge in [-0.15, -0.1) is 0 Å². The Morgan fingerprint density at radius 3 is 2.61 bits per heavy atom. The third kappa shape index (κ3) is 4.74. The minimum absolute atomic E-state index is 0.0218. The smallest absolute Gasteiger partial charge is 0.388 e. The topological polar surface area (TPSA) is 105 Å². The SMILES string of the molecule is Cc1nc([C@@H]2O[C@@H]3CCO[C@H](c4ccccc4)O[C@@H]3[C@H](N)[C@H]2O)n(-c2cc(Cl)ccc2C(F)(F)F)n1. The Kier molecular flexibility index (Phi) is 6.79. The normalized spacial score (nSPS) is 29.0. The van der Waals surface area contributed by atoms with Gasteiger partial charge in [-0.3, -0.25) is 0 Å². The zero-order chi connectivity index (χ0) is 25.6. The van der Waals surface area contributed by atoms with E-state index in [0.717, 1.165) is 28.4 Å². The van der Waals surface area contributed by atoms with Crippen molar-refractivity contribution in [2.45, 2.75) is 56.3 Å². The lowest BCUT2D eigenvalue weighted by atomic mass is 9.91. The molecular formula is C24H24ClF3N4O4. The van der Waals surface area contributed by atoms with E-state index in [9.17, 15) is 18.3 Å². The van der Waals surface area contributed by atoms with Gasteiger partial charge in [-0.1, -0.05) is 41.9 Å². The van der Waals surface area contributed by atoms with Gasteiger partial charge in [-0.25, -0.2) is 9.67 Å².